The maximum atomic E-state index is 12.2. The summed E-state index contributed by atoms with van der Waals surface area (Å²) in [6.07, 6.45) is 2.96. The molecule has 0 spiro atoms. The van der Waals surface area contributed by atoms with Gasteiger partial charge in [0, 0.05) is 11.5 Å². The van der Waals surface area contributed by atoms with Gasteiger partial charge in [-0.1, -0.05) is 6.58 Å². The molecule has 25 heavy (non-hydrogen) atoms. The summed E-state index contributed by atoms with van der Waals surface area (Å²) in [5, 5.41) is 0. The highest BCUT2D eigenvalue weighted by Crippen LogP contribution is 2.59. The predicted octanol–water partition coefficient (Wildman–Crippen LogP) is 2.26. The van der Waals surface area contributed by atoms with Crippen LogP contribution in [0.15, 0.2) is 12.2 Å². The van der Waals surface area contributed by atoms with Crippen molar-refractivity contribution in [2.24, 2.45) is 29.6 Å². The molecular formula is C19H26O6. The normalized spacial score (nSPS) is 34.8. The van der Waals surface area contributed by atoms with Gasteiger partial charge < -0.3 is 14.2 Å². The number of rotatable bonds is 5. The van der Waals surface area contributed by atoms with Crippen LogP contribution < -0.4 is 0 Å². The zero-order valence-electron chi connectivity index (χ0n) is 15.1. The second-order valence-corrected chi connectivity index (χ2v) is 8.11. The van der Waals surface area contributed by atoms with Crippen LogP contribution in [0.3, 0.4) is 0 Å². The summed E-state index contributed by atoms with van der Waals surface area (Å²) in [6.45, 7) is 8.86. The van der Waals surface area contributed by atoms with Crippen molar-refractivity contribution in [3.63, 3.8) is 0 Å². The number of hydrogen-bond donors (Lipinski definition) is 0. The standard InChI is InChI=1S/C19H26O6/c1-10(2)17(21)24-9-14(20)23-8-12-7-11-5-6-13(12)16-15(11)18(22)25-19(16,3)4/h11-13,15-16H,1,5-9H2,2-4H3. The lowest BCUT2D eigenvalue weighted by atomic mass is 9.52. The Bertz CT molecular complexity index is 607. The van der Waals surface area contributed by atoms with E-state index in [9.17, 15) is 14.4 Å². The molecule has 4 aliphatic rings. The average Bonchev–Trinajstić information content (AvgIpc) is 2.82. The van der Waals surface area contributed by atoms with Crippen molar-refractivity contribution in [2.45, 2.75) is 45.6 Å². The molecule has 0 radical (unpaired) electrons. The molecular weight excluding hydrogens is 324 g/mol. The number of esters is 3. The predicted molar refractivity (Wildman–Crippen MR) is 88.2 cm³/mol. The summed E-state index contributed by atoms with van der Waals surface area (Å²) >= 11 is 0. The molecule has 3 aliphatic carbocycles. The van der Waals surface area contributed by atoms with E-state index in [0.717, 1.165) is 19.3 Å². The smallest absolute Gasteiger partial charge is 0.344 e. The first-order valence-electron chi connectivity index (χ1n) is 8.92. The maximum Gasteiger partial charge on any atom is 0.344 e. The molecule has 0 amide bonds. The van der Waals surface area contributed by atoms with Crippen molar-refractivity contribution in [3.8, 4) is 0 Å². The first-order chi connectivity index (χ1) is 11.7. The summed E-state index contributed by atoms with van der Waals surface area (Å²) in [5.41, 5.74) is -0.207. The molecule has 0 aromatic carbocycles. The monoisotopic (exact) mass is 350 g/mol. The fourth-order valence-electron chi connectivity index (χ4n) is 5.05. The third kappa shape index (κ3) is 3.31. The van der Waals surface area contributed by atoms with E-state index in [4.69, 9.17) is 14.2 Å². The van der Waals surface area contributed by atoms with Crippen LogP contribution >= 0.6 is 0 Å². The average molecular weight is 350 g/mol. The van der Waals surface area contributed by atoms with Gasteiger partial charge in [0.25, 0.3) is 0 Å². The third-order valence-corrected chi connectivity index (χ3v) is 6.00. The summed E-state index contributed by atoms with van der Waals surface area (Å²) < 4.78 is 15.8. The van der Waals surface area contributed by atoms with Crippen LogP contribution in [-0.4, -0.2) is 36.7 Å². The molecule has 1 aliphatic heterocycles. The Hall–Kier alpha value is -1.85. The minimum absolute atomic E-state index is 0.00257. The highest BCUT2D eigenvalue weighted by Gasteiger charge is 2.62. The minimum Gasteiger partial charge on any atom is -0.463 e. The lowest BCUT2D eigenvalue weighted by Crippen LogP contribution is -2.51. The van der Waals surface area contributed by atoms with Gasteiger partial charge >= 0.3 is 17.9 Å². The number of fused-ring (bicyclic) bond motifs is 2. The number of ether oxygens (including phenoxy) is 3. The van der Waals surface area contributed by atoms with Gasteiger partial charge in [0.05, 0.1) is 12.5 Å². The SMILES string of the molecule is C=C(C)C(=O)OCC(=O)OCC1CC2CCC1C1C2C(=O)OC1(C)C. The number of cyclic esters (lactones) is 1. The van der Waals surface area contributed by atoms with Crippen molar-refractivity contribution < 1.29 is 28.6 Å². The van der Waals surface area contributed by atoms with Gasteiger partial charge in [0.1, 0.15) is 5.60 Å². The molecule has 3 saturated carbocycles. The van der Waals surface area contributed by atoms with E-state index in [1.165, 1.54) is 6.92 Å². The largest absolute Gasteiger partial charge is 0.463 e. The van der Waals surface area contributed by atoms with Crippen molar-refractivity contribution in [1.29, 1.82) is 0 Å². The van der Waals surface area contributed by atoms with Crippen LogP contribution in [0.2, 0.25) is 0 Å². The second kappa shape index (κ2) is 6.46. The molecule has 5 atom stereocenters. The Balaban J connectivity index is 1.56. The Kier molecular flexibility index (Phi) is 4.64. The minimum atomic E-state index is -0.597. The zero-order chi connectivity index (χ0) is 18.4. The lowest BCUT2D eigenvalue weighted by molar-refractivity contribution is -0.160. The molecule has 0 N–H and O–H groups in total. The maximum absolute atomic E-state index is 12.2. The quantitative estimate of drug-likeness (QED) is 0.430. The van der Waals surface area contributed by atoms with E-state index in [0.29, 0.717) is 18.4 Å². The fraction of sp³-hybridized carbons (Fsp3) is 0.737. The Morgan fingerprint density at radius 2 is 2.00 bits per heavy atom. The summed E-state index contributed by atoms with van der Waals surface area (Å²) in [7, 11) is 0. The van der Waals surface area contributed by atoms with Gasteiger partial charge in [-0.15, -0.1) is 0 Å². The molecule has 1 heterocycles. The molecule has 138 valence electrons. The van der Waals surface area contributed by atoms with E-state index in [-0.39, 0.29) is 29.3 Å². The third-order valence-electron chi connectivity index (χ3n) is 6.00. The van der Waals surface area contributed by atoms with Crippen molar-refractivity contribution in [1.82, 2.24) is 0 Å². The van der Waals surface area contributed by atoms with Crippen LogP contribution in [0.25, 0.3) is 0 Å². The Morgan fingerprint density at radius 3 is 2.68 bits per heavy atom. The zero-order valence-corrected chi connectivity index (χ0v) is 15.1. The van der Waals surface area contributed by atoms with Gasteiger partial charge in [0.2, 0.25) is 0 Å². The molecule has 1 saturated heterocycles. The summed E-state index contributed by atoms with van der Waals surface area (Å²) in [4.78, 5) is 35.4. The van der Waals surface area contributed by atoms with Crippen LogP contribution in [-0.2, 0) is 28.6 Å². The van der Waals surface area contributed by atoms with Crippen molar-refractivity contribution in [2.75, 3.05) is 13.2 Å². The molecule has 6 heteroatoms. The first-order valence-corrected chi connectivity index (χ1v) is 8.92. The van der Waals surface area contributed by atoms with Gasteiger partial charge in [-0.25, -0.2) is 9.59 Å². The molecule has 5 unspecified atom stereocenters. The fourth-order valence-corrected chi connectivity index (χ4v) is 5.05. The van der Waals surface area contributed by atoms with E-state index >= 15 is 0 Å². The van der Waals surface area contributed by atoms with Crippen molar-refractivity contribution in [3.05, 3.63) is 12.2 Å². The molecule has 4 fully saturated rings. The number of hydrogen-bond acceptors (Lipinski definition) is 6. The molecule has 6 nitrogen and oxygen atoms in total. The van der Waals surface area contributed by atoms with Crippen LogP contribution in [0.5, 0.6) is 0 Å². The van der Waals surface area contributed by atoms with Crippen LogP contribution in [0.4, 0.5) is 0 Å². The van der Waals surface area contributed by atoms with E-state index < -0.39 is 24.1 Å². The van der Waals surface area contributed by atoms with Crippen LogP contribution in [0, 0.1) is 29.6 Å². The van der Waals surface area contributed by atoms with Gasteiger partial charge in [-0.05, 0) is 57.8 Å². The van der Waals surface area contributed by atoms with Gasteiger partial charge in [-0.3, -0.25) is 4.79 Å². The molecule has 0 aromatic heterocycles. The van der Waals surface area contributed by atoms with Gasteiger partial charge in [0.15, 0.2) is 6.61 Å². The summed E-state index contributed by atoms with van der Waals surface area (Å²) in [5.74, 6) is -0.155. The lowest BCUT2D eigenvalue weighted by Gasteiger charge is -2.50. The van der Waals surface area contributed by atoms with E-state index in [1.807, 2.05) is 13.8 Å². The summed E-state index contributed by atoms with van der Waals surface area (Å²) in [6, 6.07) is 0. The van der Waals surface area contributed by atoms with Gasteiger partial charge in [-0.2, -0.15) is 0 Å². The van der Waals surface area contributed by atoms with Crippen LogP contribution in [0.1, 0.15) is 40.0 Å². The second-order valence-electron chi connectivity index (χ2n) is 8.11. The number of carbonyl (C=O) groups excluding carboxylic acids is 3. The highest BCUT2D eigenvalue weighted by molar-refractivity contribution is 5.88. The topological polar surface area (TPSA) is 78.9 Å². The van der Waals surface area contributed by atoms with E-state index in [1.54, 1.807) is 0 Å². The highest BCUT2D eigenvalue weighted by atomic mass is 16.6. The number of carbonyl (C=O) groups is 3. The molecule has 4 rings (SSSR count). The first kappa shape index (κ1) is 18.0. The Morgan fingerprint density at radius 1 is 1.28 bits per heavy atom. The molecule has 0 aromatic rings. The van der Waals surface area contributed by atoms with Crippen molar-refractivity contribution >= 4 is 17.9 Å². The van der Waals surface area contributed by atoms with E-state index in [2.05, 4.69) is 6.58 Å². The molecule has 2 bridgehead atoms. The Labute approximate surface area is 147 Å².